The number of hydrogen-bond acceptors (Lipinski definition) is 1. The van der Waals surface area contributed by atoms with Crippen LogP contribution in [0.4, 0.5) is 0 Å². The first-order chi connectivity index (χ1) is 36.3. The van der Waals surface area contributed by atoms with E-state index in [0.29, 0.717) is 8.58 Å². The van der Waals surface area contributed by atoms with E-state index in [1.54, 1.807) is 0 Å². The molecule has 0 amide bonds. The summed E-state index contributed by atoms with van der Waals surface area (Å²) in [5.74, 6) is 0.904. The number of pyridine rings is 1. The van der Waals surface area contributed by atoms with Gasteiger partial charge in [0, 0.05) is 32.8 Å². The number of benzene rings is 9. The van der Waals surface area contributed by atoms with Gasteiger partial charge in [0.05, 0.1) is 16.7 Å². The van der Waals surface area contributed by atoms with E-state index in [4.69, 9.17) is 4.98 Å². The van der Waals surface area contributed by atoms with E-state index in [9.17, 15) is 0 Å². The van der Waals surface area contributed by atoms with Gasteiger partial charge in [-0.3, -0.25) is 4.57 Å². The van der Waals surface area contributed by atoms with Crippen LogP contribution >= 0.6 is 8.58 Å². The molecule has 376 valence electrons. The molecule has 0 aliphatic carbocycles. The number of para-hydroxylation sites is 4. The fourth-order valence-electron chi connectivity index (χ4n) is 10.9. The first-order valence-corrected chi connectivity index (χ1v) is 29.5. The van der Waals surface area contributed by atoms with Crippen LogP contribution in [0.2, 0.25) is 6.55 Å². The zero-order chi connectivity index (χ0) is 51.5. The van der Waals surface area contributed by atoms with E-state index in [0.717, 1.165) is 66.4 Å². The fourth-order valence-corrected chi connectivity index (χ4v) is 15.5. The summed E-state index contributed by atoms with van der Waals surface area (Å²) in [5.41, 5.74) is 13.4. The predicted octanol–water partition coefficient (Wildman–Crippen LogP) is 13.5. The van der Waals surface area contributed by atoms with Gasteiger partial charge in [0.25, 0.3) is 6.33 Å². The topological polar surface area (TPSA) is 26.6 Å². The average Bonchev–Trinajstić information content (AvgIpc) is 4.05. The summed E-state index contributed by atoms with van der Waals surface area (Å²) < 4.78 is 6.77. The molecule has 0 aliphatic heterocycles. The van der Waals surface area contributed by atoms with Crippen LogP contribution in [-0.2, 0) is 31.9 Å². The van der Waals surface area contributed by atoms with E-state index < -0.39 is 8.07 Å². The number of aromatic nitrogens is 4. The zero-order valence-corrected chi connectivity index (χ0v) is 48.2. The molecular weight excluding hydrogens is 1140 g/mol. The van der Waals surface area contributed by atoms with Gasteiger partial charge < -0.3 is 9.13 Å². The number of nitrogens with zero attached hydrogens (tertiary/aromatic N) is 4. The maximum Gasteiger partial charge on any atom is 0.268 e. The van der Waals surface area contributed by atoms with Crippen molar-refractivity contribution in [3.8, 4) is 39.4 Å². The molecular formula is C69H59N4PPtSi-2. The molecule has 7 heteroatoms. The maximum atomic E-state index is 4.93. The Morgan fingerprint density at radius 2 is 1.08 bits per heavy atom. The van der Waals surface area contributed by atoms with Crippen LogP contribution in [0, 0.1) is 18.5 Å². The fraction of sp³-hybridized carbons (Fsp3) is 0.130. The summed E-state index contributed by atoms with van der Waals surface area (Å²) in [6.45, 7) is 16.1. The minimum atomic E-state index is -2.44. The third-order valence-electron chi connectivity index (χ3n) is 15.0. The minimum absolute atomic E-state index is 0. The Kier molecular flexibility index (Phi) is 13.6. The molecule has 1 unspecified atom stereocenters. The molecule has 9 aromatic carbocycles. The van der Waals surface area contributed by atoms with Crippen molar-refractivity contribution in [3.05, 3.63) is 254 Å². The van der Waals surface area contributed by atoms with E-state index in [1.165, 1.54) is 43.2 Å². The molecule has 0 saturated carbocycles. The Morgan fingerprint density at radius 1 is 0.500 bits per heavy atom. The number of imidazole rings is 1. The molecule has 12 aromatic rings. The van der Waals surface area contributed by atoms with Crippen LogP contribution < -0.4 is 30.7 Å². The summed E-state index contributed by atoms with van der Waals surface area (Å²) in [6, 6.07) is 87.9. The molecule has 0 spiro atoms. The molecule has 3 aromatic heterocycles. The normalized spacial score (nSPS) is 12.2. The summed E-state index contributed by atoms with van der Waals surface area (Å²) in [6.07, 6.45) is 5.89. The van der Waals surface area contributed by atoms with E-state index in [-0.39, 0.29) is 31.9 Å². The summed E-state index contributed by atoms with van der Waals surface area (Å²) in [7, 11) is -2.12. The smallest absolute Gasteiger partial charge is 0.268 e. The first kappa shape index (κ1) is 50.9. The van der Waals surface area contributed by atoms with Crippen LogP contribution in [-0.4, -0.2) is 22.2 Å². The van der Waals surface area contributed by atoms with E-state index in [2.05, 4.69) is 299 Å². The minimum Gasteiger partial charge on any atom is -0.319 e. The second-order valence-corrected chi connectivity index (χ2v) is 27.3. The molecule has 0 N–H and O–H groups in total. The first-order valence-electron chi connectivity index (χ1n) is 26.0. The standard InChI is InChI=1S/C69H59N4PSi.Pt/c1-68(2,3)50-24-18-22-48(42-50)58-33-21-34-59(49-23-19-31-57(43-49)75(7,55-27-10-8-11-28-55)56-29-12-9-13-30-56)67(58)72-47-71(63-36-16-17-37-64(63)72)52-25-20-26-53(45-52)74-54-38-39-61-60-32-14-15-35-62(60)73(65(61)46-54)66-44-51(40-41-70-66)69(4,5)6;/h8-44,74H,1-7H3;/q-2;. The molecule has 3 heterocycles. The van der Waals surface area contributed by atoms with Gasteiger partial charge in [-0.1, -0.05) is 223 Å². The number of fused-ring (bicyclic) bond motifs is 4. The van der Waals surface area contributed by atoms with Gasteiger partial charge in [0.2, 0.25) is 0 Å². The number of hydrogen-bond donors (Lipinski definition) is 0. The van der Waals surface area contributed by atoms with Gasteiger partial charge in [-0.15, -0.1) is 30.6 Å². The quantitative estimate of drug-likeness (QED) is 0.0441. The van der Waals surface area contributed by atoms with Gasteiger partial charge in [0.15, 0.2) is 0 Å². The predicted molar refractivity (Wildman–Crippen MR) is 319 cm³/mol. The summed E-state index contributed by atoms with van der Waals surface area (Å²) in [5, 5.41) is 8.68. The molecule has 0 bridgehead atoms. The molecule has 0 fully saturated rings. The van der Waals surface area contributed by atoms with Gasteiger partial charge in [-0.05, 0) is 89.0 Å². The second kappa shape index (κ2) is 20.4. The van der Waals surface area contributed by atoms with Crippen molar-refractivity contribution >= 4 is 75.7 Å². The maximum absolute atomic E-state index is 4.93. The molecule has 1 atom stereocenters. The molecule has 76 heavy (non-hydrogen) atoms. The van der Waals surface area contributed by atoms with Crippen LogP contribution in [0.25, 0.3) is 72.3 Å². The van der Waals surface area contributed by atoms with Crippen LogP contribution in [0.3, 0.4) is 0 Å². The Morgan fingerprint density at radius 3 is 1.79 bits per heavy atom. The summed E-state index contributed by atoms with van der Waals surface area (Å²) >= 11 is 0. The molecule has 0 saturated heterocycles. The monoisotopic (exact) mass is 1200 g/mol. The molecule has 12 rings (SSSR count). The largest absolute Gasteiger partial charge is 0.319 e. The third-order valence-corrected chi connectivity index (χ3v) is 20.6. The summed E-state index contributed by atoms with van der Waals surface area (Å²) in [4.78, 5) is 4.93. The van der Waals surface area contributed by atoms with E-state index in [1.807, 2.05) is 6.20 Å². The molecule has 4 nitrogen and oxygen atoms in total. The van der Waals surface area contributed by atoms with Crippen LogP contribution in [0.5, 0.6) is 0 Å². The third kappa shape index (κ3) is 9.34. The van der Waals surface area contributed by atoms with Crippen molar-refractivity contribution in [1.82, 2.24) is 14.1 Å². The van der Waals surface area contributed by atoms with Crippen molar-refractivity contribution in [3.63, 3.8) is 0 Å². The van der Waals surface area contributed by atoms with Crippen LogP contribution in [0.15, 0.2) is 225 Å². The van der Waals surface area contributed by atoms with E-state index >= 15 is 0 Å². The SMILES string of the molecule is CC(C)(C)c1cccc(-c2cccc(-c3cccc([Si](C)(c4ccccc4)c4ccccc4)c3)c2-[n+]2[c-]n(-c3[c-]c(Pc4[c-]c5c(cc4)c4ccccc4n5-c4cc(C(C)(C)C)ccn4)ccc3)c3ccccc32)c1.[Pt]. The van der Waals surface area contributed by atoms with Gasteiger partial charge in [-0.2, -0.15) is 36.4 Å². The second-order valence-electron chi connectivity index (χ2n) is 21.9. The van der Waals surface area contributed by atoms with Crippen molar-refractivity contribution in [2.75, 3.05) is 0 Å². The van der Waals surface area contributed by atoms with Crippen LogP contribution in [0.1, 0.15) is 52.7 Å². The Balaban J connectivity index is 0.00000616. The van der Waals surface area contributed by atoms with Crippen molar-refractivity contribution < 1.29 is 25.6 Å². The Labute approximate surface area is 464 Å². The Hall–Kier alpha value is -7.26. The van der Waals surface area contributed by atoms with Crippen molar-refractivity contribution in [2.24, 2.45) is 0 Å². The molecule has 0 radical (unpaired) electrons. The van der Waals surface area contributed by atoms with Gasteiger partial charge in [-0.25, -0.2) is 4.98 Å². The average molecular weight is 1200 g/mol. The number of rotatable bonds is 10. The van der Waals surface area contributed by atoms with Gasteiger partial charge >= 0.3 is 0 Å². The zero-order valence-electron chi connectivity index (χ0n) is 44.0. The van der Waals surface area contributed by atoms with Crippen molar-refractivity contribution in [1.29, 1.82) is 0 Å². The Bertz CT molecular complexity index is 4050. The van der Waals surface area contributed by atoms with Gasteiger partial charge in [0.1, 0.15) is 13.9 Å². The van der Waals surface area contributed by atoms with Crippen molar-refractivity contribution in [2.45, 2.75) is 58.9 Å². The molecule has 0 aliphatic rings.